The van der Waals surface area contributed by atoms with Gasteiger partial charge in [0.05, 0.1) is 5.60 Å². The summed E-state index contributed by atoms with van der Waals surface area (Å²) < 4.78 is 5.47. The number of thioether (sulfide) groups is 1. The van der Waals surface area contributed by atoms with Gasteiger partial charge in [-0.05, 0) is 37.2 Å². The van der Waals surface area contributed by atoms with Crippen molar-refractivity contribution in [2.75, 3.05) is 18.6 Å². The predicted octanol–water partition coefficient (Wildman–Crippen LogP) is 2.12. The Morgan fingerprint density at radius 2 is 2.46 bits per heavy atom. The minimum atomic E-state index is -0.227. The van der Waals surface area contributed by atoms with Crippen molar-refractivity contribution in [1.82, 2.24) is 0 Å². The summed E-state index contributed by atoms with van der Waals surface area (Å²) in [5.41, 5.74) is -0.227. The van der Waals surface area contributed by atoms with Crippen LogP contribution in [0.2, 0.25) is 0 Å². The van der Waals surface area contributed by atoms with Crippen LogP contribution in [0.1, 0.15) is 26.2 Å². The van der Waals surface area contributed by atoms with E-state index in [-0.39, 0.29) is 5.60 Å². The van der Waals surface area contributed by atoms with E-state index in [0.717, 1.165) is 12.0 Å². The molecule has 0 saturated carbocycles. The fourth-order valence-corrected chi connectivity index (χ4v) is 3.15. The van der Waals surface area contributed by atoms with Gasteiger partial charge in [0, 0.05) is 13.5 Å². The molecule has 1 aliphatic heterocycles. The first-order valence-electron chi connectivity index (χ1n) is 4.79. The first kappa shape index (κ1) is 11.1. The number of carbonyl (C=O) groups excluding carboxylic acids is 1. The van der Waals surface area contributed by atoms with E-state index >= 15 is 0 Å². The van der Waals surface area contributed by atoms with E-state index in [1.165, 1.54) is 18.6 Å². The summed E-state index contributed by atoms with van der Waals surface area (Å²) in [5, 5.41) is 0. The normalized spacial score (nSPS) is 28.0. The molecule has 0 aromatic rings. The maximum atomic E-state index is 10.5. The van der Waals surface area contributed by atoms with Gasteiger partial charge in [-0.25, -0.2) is 0 Å². The Hall–Kier alpha value is -0.0200. The molecule has 1 heterocycles. The minimum Gasteiger partial charge on any atom is -0.378 e. The quantitative estimate of drug-likeness (QED) is 0.653. The molecule has 0 N–H and O–H groups in total. The lowest BCUT2D eigenvalue weighted by Gasteiger charge is -2.37. The van der Waals surface area contributed by atoms with Gasteiger partial charge in [-0.2, -0.15) is 11.8 Å². The van der Waals surface area contributed by atoms with E-state index < -0.39 is 0 Å². The molecule has 76 valence electrons. The third-order valence-electron chi connectivity index (χ3n) is 2.98. The van der Waals surface area contributed by atoms with Crippen LogP contribution >= 0.6 is 11.8 Å². The Kier molecular flexibility index (Phi) is 4.26. The number of carbonyl (C=O) groups is 1. The van der Waals surface area contributed by atoms with Crippen LogP contribution in [-0.2, 0) is 9.53 Å². The maximum absolute atomic E-state index is 10.5. The Bertz CT molecular complexity index is 166. The van der Waals surface area contributed by atoms with Crippen LogP contribution in [0.3, 0.4) is 0 Å². The van der Waals surface area contributed by atoms with Gasteiger partial charge in [0.25, 0.3) is 0 Å². The van der Waals surface area contributed by atoms with Crippen molar-refractivity contribution in [1.29, 1.82) is 0 Å². The summed E-state index contributed by atoms with van der Waals surface area (Å²) in [5.74, 6) is 2.94. The van der Waals surface area contributed by atoms with Gasteiger partial charge >= 0.3 is 0 Å². The Morgan fingerprint density at radius 3 is 2.92 bits per heavy atom. The average Bonchev–Trinajstić information content (AvgIpc) is 2.19. The maximum Gasteiger partial charge on any atom is 0.122 e. The van der Waals surface area contributed by atoms with Crippen LogP contribution in [0.5, 0.6) is 0 Å². The zero-order valence-electron chi connectivity index (χ0n) is 8.41. The van der Waals surface area contributed by atoms with E-state index in [1.807, 2.05) is 11.8 Å². The van der Waals surface area contributed by atoms with Gasteiger partial charge < -0.3 is 9.53 Å². The molecule has 2 unspecified atom stereocenters. The molecular formula is C10H18O2S. The molecule has 3 heteroatoms. The molecule has 2 nitrogen and oxygen atoms in total. The van der Waals surface area contributed by atoms with Gasteiger partial charge in [-0.15, -0.1) is 0 Å². The third kappa shape index (κ3) is 2.71. The van der Waals surface area contributed by atoms with Crippen molar-refractivity contribution in [3.05, 3.63) is 0 Å². The molecule has 1 rings (SSSR count). The number of rotatable bonds is 4. The highest BCUT2D eigenvalue weighted by Crippen LogP contribution is 2.34. The molecule has 0 radical (unpaired) electrons. The Labute approximate surface area is 84.4 Å². The van der Waals surface area contributed by atoms with E-state index in [4.69, 9.17) is 4.74 Å². The van der Waals surface area contributed by atoms with Crippen LogP contribution in [0, 0.1) is 5.92 Å². The van der Waals surface area contributed by atoms with Gasteiger partial charge in [-0.3, -0.25) is 0 Å². The zero-order chi connectivity index (χ0) is 9.73. The fraction of sp³-hybridized carbons (Fsp3) is 0.900. The zero-order valence-corrected chi connectivity index (χ0v) is 9.23. The second-order valence-corrected chi connectivity index (χ2v) is 4.95. The fourth-order valence-electron chi connectivity index (χ4n) is 1.80. The summed E-state index contributed by atoms with van der Waals surface area (Å²) in [6, 6.07) is 0. The molecule has 1 saturated heterocycles. The number of hydrogen-bond acceptors (Lipinski definition) is 3. The lowest BCUT2D eigenvalue weighted by Crippen LogP contribution is -2.40. The summed E-state index contributed by atoms with van der Waals surface area (Å²) in [6.07, 6.45) is 3.95. The molecule has 0 bridgehead atoms. The van der Waals surface area contributed by atoms with Crippen LogP contribution in [0.25, 0.3) is 0 Å². The highest BCUT2D eigenvalue weighted by molar-refractivity contribution is 7.99. The van der Waals surface area contributed by atoms with Crippen LogP contribution < -0.4 is 0 Å². The summed E-state index contributed by atoms with van der Waals surface area (Å²) >= 11 is 1.98. The van der Waals surface area contributed by atoms with E-state index in [9.17, 15) is 4.79 Å². The van der Waals surface area contributed by atoms with Crippen molar-refractivity contribution in [3.8, 4) is 0 Å². The molecule has 0 amide bonds. The molecule has 0 spiro atoms. The molecule has 0 aromatic carbocycles. The standard InChI is InChI=1S/C10H18O2S/c1-10(12-2,5-6-11)9-4-3-7-13-8-9/h6,9H,3-5,7-8H2,1-2H3. The van der Waals surface area contributed by atoms with E-state index in [2.05, 4.69) is 6.92 Å². The lowest BCUT2D eigenvalue weighted by molar-refractivity contribution is -0.116. The SMILES string of the molecule is COC(C)(CC=O)C1CCCSC1. The molecule has 2 atom stereocenters. The smallest absolute Gasteiger partial charge is 0.122 e. The molecular weight excluding hydrogens is 184 g/mol. The van der Waals surface area contributed by atoms with Crippen LogP contribution in [-0.4, -0.2) is 30.5 Å². The summed E-state index contributed by atoms with van der Waals surface area (Å²) in [7, 11) is 1.71. The van der Waals surface area contributed by atoms with Crippen molar-refractivity contribution in [2.24, 2.45) is 5.92 Å². The van der Waals surface area contributed by atoms with Gasteiger partial charge in [0.1, 0.15) is 6.29 Å². The first-order chi connectivity index (χ1) is 6.23. The molecule has 0 aromatic heterocycles. The van der Waals surface area contributed by atoms with Crippen molar-refractivity contribution >= 4 is 18.0 Å². The van der Waals surface area contributed by atoms with Crippen molar-refractivity contribution in [3.63, 3.8) is 0 Å². The van der Waals surface area contributed by atoms with E-state index in [1.54, 1.807) is 7.11 Å². The Morgan fingerprint density at radius 1 is 1.69 bits per heavy atom. The van der Waals surface area contributed by atoms with Crippen LogP contribution in [0.15, 0.2) is 0 Å². The molecule has 0 aliphatic carbocycles. The Balaban J connectivity index is 2.56. The lowest BCUT2D eigenvalue weighted by atomic mass is 9.84. The second kappa shape index (κ2) is 5.01. The number of hydrogen-bond donors (Lipinski definition) is 0. The van der Waals surface area contributed by atoms with Crippen molar-refractivity contribution < 1.29 is 9.53 Å². The summed E-state index contributed by atoms with van der Waals surface area (Å²) in [4.78, 5) is 10.5. The van der Waals surface area contributed by atoms with Gasteiger partial charge in [0.15, 0.2) is 0 Å². The largest absolute Gasteiger partial charge is 0.378 e. The average molecular weight is 202 g/mol. The summed E-state index contributed by atoms with van der Waals surface area (Å²) in [6.45, 7) is 2.05. The molecule has 1 fully saturated rings. The minimum absolute atomic E-state index is 0.227. The molecule has 1 aliphatic rings. The monoisotopic (exact) mass is 202 g/mol. The highest BCUT2D eigenvalue weighted by atomic mass is 32.2. The van der Waals surface area contributed by atoms with Crippen LogP contribution in [0.4, 0.5) is 0 Å². The first-order valence-corrected chi connectivity index (χ1v) is 5.95. The number of aldehydes is 1. The molecule has 13 heavy (non-hydrogen) atoms. The van der Waals surface area contributed by atoms with Gasteiger partial charge in [0.2, 0.25) is 0 Å². The second-order valence-electron chi connectivity index (χ2n) is 3.80. The number of methoxy groups -OCH3 is 1. The third-order valence-corrected chi connectivity index (χ3v) is 4.19. The van der Waals surface area contributed by atoms with E-state index in [0.29, 0.717) is 12.3 Å². The highest BCUT2D eigenvalue weighted by Gasteiger charge is 2.34. The van der Waals surface area contributed by atoms with Crippen molar-refractivity contribution in [2.45, 2.75) is 31.8 Å². The predicted molar refractivity (Wildman–Crippen MR) is 56.1 cm³/mol. The topological polar surface area (TPSA) is 26.3 Å². The van der Waals surface area contributed by atoms with Gasteiger partial charge in [-0.1, -0.05) is 0 Å². The number of ether oxygens (including phenoxy) is 1.